The molecule has 1 fully saturated rings. The predicted octanol–water partition coefficient (Wildman–Crippen LogP) is 2.15. The van der Waals surface area contributed by atoms with E-state index in [1.807, 2.05) is 6.92 Å². The summed E-state index contributed by atoms with van der Waals surface area (Å²) in [4.78, 5) is 9.47. The Balaban J connectivity index is 1.76. The lowest BCUT2D eigenvalue weighted by Crippen LogP contribution is -2.47. The quantitative estimate of drug-likeness (QED) is 0.940. The second-order valence-corrected chi connectivity index (χ2v) is 5.93. The molecule has 0 unspecified atom stereocenters. The lowest BCUT2D eigenvalue weighted by atomic mass is 10.1. The van der Waals surface area contributed by atoms with Crippen molar-refractivity contribution in [3.05, 3.63) is 35.6 Å². The fourth-order valence-corrected chi connectivity index (χ4v) is 3.03. The number of hydrogen-bond acceptors (Lipinski definition) is 4. The molecule has 1 aliphatic rings. The first-order valence-electron chi connectivity index (χ1n) is 7.91. The molecule has 2 heterocycles. The molecule has 0 saturated carbocycles. The Morgan fingerprint density at radius 3 is 2.68 bits per heavy atom. The number of pyridine rings is 1. The van der Waals surface area contributed by atoms with Gasteiger partial charge < -0.3 is 10.6 Å². The summed E-state index contributed by atoms with van der Waals surface area (Å²) in [6.07, 6.45) is 1.05. The van der Waals surface area contributed by atoms with Crippen LogP contribution in [0.5, 0.6) is 0 Å². The summed E-state index contributed by atoms with van der Waals surface area (Å²) < 4.78 is 13.4. The van der Waals surface area contributed by atoms with E-state index in [0.29, 0.717) is 0 Å². The molecule has 0 atom stereocenters. The van der Waals surface area contributed by atoms with Crippen molar-refractivity contribution in [3.8, 4) is 0 Å². The number of aromatic nitrogens is 1. The van der Waals surface area contributed by atoms with Gasteiger partial charge in [0.25, 0.3) is 0 Å². The zero-order valence-corrected chi connectivity index (χ0v) is 13.1. The van der Waals surface area contributed by atoms with E-state index in [9.17, 15) is 4.39 Å². The number of anilines is 1. The average molecular weight is 302 g/mol. The van der Waals surface area contributed by atoms with E-state index in [-0.39, 0.29) is 5.82 Å². The van der Waals surface area contributed by atoms with E-state index in [1.165, 1.54) is 6.07 Å². The predicted molar refractivity (Wildman–Crippen MR) is 88.8 cm³/mol. The van der Waals surface area contributed by atoms with Crippen LogP contribution in [0.4, 0.5) is 10.2 Å². The first-order valence-corrected chi connectivity index (χ1v) is 7.91. The molecule has 1 saturated heterocycles. The van der Waals surface area contributed by atoms with Gasteiger partial charge in [0.1, 0.15) is 11.6 Å². The molecule has 1 aromatic heterocycles. The standard InChI is InChI=1S/C17H23FN4/c1-13-11-17(20-16-4-3-14(18)12-15(13)16)22-9-7-21(8-10-22)6-2-5-19/h3-4,11-12H,2,5-10,19H2,1H3. The number of halogens is 1. The molecule has 118 valence electrons. The van der Waals surface area contributed by atoms with Crippen LogP contribution in [0, 0.1) is 12.7 Å². The van der Waals surface area contributed by atoms with Crippen LogP contribution in [0.25, 0.3) is 10.9 Å². The maximum absolute atomic E-state index is 13.4. The summed E-state index contributed by atoms with van der Waals surface area (Å²) in [6, 6.07) is 6.87. The monoisotopic (exact) mass is 302 g/mol. The van der Waals surface area contributed by atoms with Gasteiger partial charge in [-0.25, -0.2) is 9.37 Å². The maximum atomic E-state index is 13.4. The summed E-state index contributed by atoms with van der Waals surface area (Å²) in [6.45, 7) is 7.89. The van der Waals surface area contributed by atoms with Crippen LogP contribution < -0.4 is 10.6 Å². The molecule has 2 aromatic rings. The summed E-state index contributed by atoms with van der Waals surface area (Å²) in [5.41, 5.74) is 7.51. The van der Waals surface area contributed by atoms with Crippen molar-refractivity contribution in [1.82, 2.24) is 9.88 Å². The Morgan fingerprint density at radius 2 is 1.95 bits per heavy atom. The highest BCUT2D eigenvalue weighted by Crippen LogP contribution is 2.24. The van der Waals surface area contributed by atoms with Crippen LogP contribution in [0.15, 0.2) is 24.3 Å². The van der Waals surface area contributed by atoms with Crippen LogP contribution in [0.3, 0.4) is 0 Å². The second-order valence-electron chi connectivity index (χ2n) is 5.93. The van der Waals surface area contributed by atoms with E-state index in [4.69, 9.17) is 10.7 Å². The lowest BCUT2D eigenvalue weighted by Gasteiger charge is -2.35. The second kappa shape index (κ2) is 6.58. The van der Waals surface area contributed by atoms with Crippen LogP contribution in [-0.2, 0) is 0 Å². The van der Waals surface area contributed by atoms with Crippen LogP contribution in [0.2, 0.25) is 0 Å². The van der Waals surface area contributed by atoms with E-state index in [2.05, 4.69) is 15.9 Å². The van der Waals surface area contributed by atoms with E-state index < -0.39 is 0 Å². The van der Waals surface area contributed by atoms with Crippen LogP contribution in [0.1, 0.15) is 12.0 Å². The van der Waals surface area contributed by atoms with Gasteiger partial charge in [0, 0.05) is 31.6 Å². The molecule has 0 aliphatic carbocycles. The van der Waals surface area contributed by atoms with Crippen molar-refractivity contribution >= 4 is 16.7 Å². The Bertz CT molecular complexity index is 650. The number of rotatable bonds is 4. The van der Waals surface area contributed by atoms with Gasteiger partial charge in [-0.15, -0.1) is 0 Å². The number of piperazine rings is 1. The summed E-state index contributed by atoms with van der Waals surface area (Å²) in [5, 5.41) is 0.894. The summed E-state index contributed by atoms with van der Waals surface area (Å²) in [5.74, 6) is 0.786. The number of hydrogen-bond donors (Lipinski definition) is 1. The number of benzene rings is 1. The van der Waals surface area contributed by atoms with Gasteiger partial charge in [0.2, 0.25) is 0 Å². The SMILES string of the molecule is Cc1cc(N2CCN(CCCN)CC2)nc2ccc(F)cc12. The zero-order valence-electron chi connectivity index (χ0n) is 13.1. The highest BCUT2D eigenvalue weighted by atomic mass is 19.1. The van der Waals surface area contributed by atoms with Gasteiger partial charge in [0.15, 0.2) is 0 Å². The van der Waals surface area contributed by atoms with Crippen LogP contribution >= 0.6 is 0 Å². The smallest absolute Gasteiger partial charge is 0.129 e. The van der Waals surface area contributed by atoms with E-state index >= 15 is 0 Å². The normalized spacial score (nSPS) is 16.4. The van der Waals surface area contributed by atoms with Gasteiger partial charge in [-0.1, -0.05) is 0 Å². The largest absolute Gasteiger partial charge is 0.354 e. The van der Waals surface area contributed by atoms with Gasteiger partial charge >= 0.3 is 0 Å². The van der Waals surface area contributed by atoms with Crippen LogP contribution in [-0.4, -0.2) is 49.2 Å². The van der Waals surface area contributed by atoms with E-state index in [0.717, 1.165) is 68.0 Å². The lowest BCUT2D eigenvalue weighted by molar-refractivity contribution is 0.256. The molecular formula is C17H23FN4. The number of fused-ring (bicyclic) bond motifs is 1. The van der Waals surface area contributed by atoms with Gasteiger partial charge in [-0.05, 0) is 56.3 Å². The molecule has 0 spiro atoms. The average Bonchev–Trinajstić information content (AvgIpc) is 2.54. The fraction of sp³-hybridized carbons (Fsp3) is 0.471. The molecule has 2 N–H and O–H groups in total. The molecule has 3 rings (SSSR count). The van der Waals surface area contributed by atoms with Crippen molar-refractivity contribution in [2.45, 2.75) is 13.3 Å². The van der Waals surface area contributed by atoms with Crippen molar-refractivity contribution in [2.75, 3.05) is 44.2 Å². The minimum absolute atomic E-state index is 0.210. The number of aryl methyl sites for hydroxylation is 1. The Hall–Kier alpha value is -1.72. The minimum Gasteiger partial charge on any atom is -0.354 e. The Labute approximate surface area is 130 Å². The number of nitrogens with two attached hydrogens (primary N) is 1. The first kappa shape index (κ1) is 15.2. The Morgan fingerprint density at radius 1 is 1.18 bits per heavy atom. The van der Waals surface area contributed by atoms with Crippen molar-refractivity contribution in [2.24, 2.45) is 5.73 Å². The molecular weight excluding hydrogens is 279 g/mol. The molecule has 5 heteroatoms. The van der Waals surface area contributed by atoms with Crippen molar-refractivity contribution in [3.63, 3.8) is 0 Å². The first-order chi connectivity index (χ1) is 10.7. The Kier molecular flexibility index (Phi) is 4.55. The summed E-state index contributed by atoms with van der Waals surface area (Å²) in [7, 11) is 0. The summed E-state index contributed by atoms with van der Waals surface area (Å²) >= 11 is 0. The molecule has 1 aromatic carbocycles. The van der Waals surface area contributed by atoms with E-state index in [1.54, 1.807) is 12.1 Å². The highest BCUT2D eigenvalue weighted by molar-refractivity contribution is 5.84. The van der Waals surface area contributed by atoms with Gasteiger partial charge in [-0.3, -0.25) is 4.90 Å². The molecule has 0 radical (unpaired) electrons. The third-order valence-electron chi connectivity index (χ3n) is 4.34. The van der Waals surface area contributed by atoms with Gasteiger partial charge in [0.05, 0.1) is 5.52 Å². The maximum Gasteiger partial charge on any atom is 0.129 e. The minimum atomic E-state index is -0.210. The van der Waals surface area contributed by atoms with Gasteiger partial charge in [-0.2, -0.15) is 0 Å². The zero-order chi connectivity index (χ0) is 15.5. The van der Waals surface area contributed by atoms with Crippen molar-refractivity contribution < 1.29 is 4.39 Å². The third kappa shape index (κ3) is 3.20. The highest BCUT2D eigenvalue weighted by Gasteiger charge is 2.18. The topological polar surface area (TPSA) is 45.4 Å². The molecule has 4 nitrogen and oxygen atoms in total. The molecule has 22 heavy (non-hydrogen) atoms. The van der Waals surface area contributed by atoms with Crippen molar-refractivity contribution in [1.29, 1.82) is 0 Å². The molecule has 1 aliphatic heterocycles. The number of nitrogens with zero attached hydrogens (tertiary/aromatic N) is 3. The molecule has 0 bridgehead atoms. The molecule has 0 amide bonds. The third-order valence-corrected chi connectivity index (χ3v) is 4.34. The fourth-order valence-electron chi connectivity index (χ4n) is 3.03.